The molecule has 1 fully saturated rings. The Kier molecular flexibility index (Phi) is 4.60. The van der Waals surface area contributed by atoms with Crippen molar-refractivity contribution in [3.8, 4) is 0 Å². The van der Waals surface area contributed by atoms with Gasteiger partial charge in [-0.05, 0) is 37.1 Å². The van der Waals surface area contributed by atoms with Crippen LogP contribution in [0.5, 0.6) is 0 Å². The lowest BCUT2D eigenvalue weighted by molar-refractivity contribution is 0.144. The Hall–Kier alpha value is -0.640. The van der Waals surface area contributed by atoms with Gasteiger partial charge in [0.25, 0.3) is 0 Å². The van der Waals surface area contributed by atoms with Crippen LogP contribution in [0.3, 0.4) is 0 Å². The highest BCUT2D eigenvalue weighted by Gasteiger charge is 2.25. The zero-order valence-corrected chi connectivity index (χ0v) is 11.5. The summed E-state index contributed by atoms with van der Waals surface area (Å²) in [4.78, 5) is 2.27. The number of hydrogen-bond acceptors (Lipinski definition) is 2. The van der Waals surface area contributed by atoms with Crippen molar-refractivity contribution in [3.63, 3.8) is 0 Å². The zero-order valence-electron chi connectivity index (χ0n) is 10.7. The molecule has 1 aliphatic heterocycles. The fourth-order valence-electron chi connectivity index (χ4n) is 2.61. The van der Waals surface area contributed by atoms with Crippen LogP contribution in [-0.2, 0) is 6.54 Å². The molecule has 0 saturated carbocycles. The first kappa shape index (κ1) is 13.8. The molecule has 100 valence electrons. The minimum atomic E-state index is -0.178. The summed E-state index contributed by atoms with van der Waals surface area (Å²) in [5, 5.41) is 0.590. The molecule has 2 nitrogen and oxygen atoms in total. The Balaban J connectivity index is 2.03. The fourth-order valence-corrected chi connectivity index (χ4v) is 2.80. The molecule has 0 amide bonds. The summed E-state index contributed by atoms with van der Waals surface area (Å²) in [6, 6.07) is 5.02. The summed E-state index contributed by atoms with van der Waals surface area (Å²) >= 11 is 5.91. The van der Waals surface area contributed by atoms with E-state index in [0.29, 0.717) is 23.0 Å². The van der Waals surface area contributed by atoms with Gasteiger partial charge in [0.15, 0.2) is 0 Å². The molecule has 2 rings (SSSR count). The van der Waals surface area contributed by atoms with Crippen molar-refractivity contribution in [3.05, 3.63) is 34.6 Å². The summed E-state index contributed by atoms with van der Waals surface area (Å²) in [7, 11) is 0. The molecular formula is C14H20ClFN2. The van der Waals surface area contributed by atoms with Crippen LogP contribution in [0.25, 0.3) is 0 Å². The number of piperidine rings is 1. The number of rotatable bonds is 3. The van der Waals surface area contributed by atoms with Crippen LogP contribution >= 0.6 is 11.6 Å². The second kappa shape index (κ2) is 6.00. The Labute approximate surface area is 113 Å². The normalized spacial score (nSPS) is 25.3. The van der Waals surface area contributed by atoms with Crippen LogP contribution in [0.4, 0.5) is 4.39 Å². The predicted molar refractivity (Wildman–Crippen MR) is 73.1 cm³/mol. The third-order valence-electron chi connectivity index (χ3n) is 3.80. The third kappa shape index (κ3) is 3.22. The first-order valence-corrected chi connectivity index (χ1v) is 6.89. The lowest BCUT2D eigenvalue weighted by Crippen LogP contribution is -2.46. The molecule has 0 aromatic heterocycles. The monoisotopic (exact) mass is 270 g/mol. The highest BCUT2D eigenvalue weighted by molar-refractivity contribution is 6.30. The quantitative estimate of drug-likeness (QED) is 0.915. The number of hydrogen-bond donors (Lipinski definition) is 1. The number of nitrogens with zero attached hydrogens (tertiary/aromatic N) is 1. The molecule has 1 saturated heterocycles. The molecule has 0 radical (unpaired) electrons. The van der Waals surface area contributed by atoms with E-state index in [1.165, 1.54) is 6.07 Å². The Morgan fingerprint density at radius 2 is 2.28 bits per heavy atom. The van der Waals surface area contributed by atoms with E-state index < -0.39 is 0 Å². The Morgan fingerprint density at radius 1 is 1.50 bits per heavy atom. The van der Waals surface area contributed by atoms with Crippen molar-refractivity contribution < 1.29 is 4.39 Å². The average Bonchev–Trinajstić information content (AvgIpc) is 2.36. The van der Waals surface area contributed by atoms with E-state index in [9.17, 15) is 4.39 Å². The lowest BCUT2D eigenvalue weighted by Gasteiger charge is -2.36. The molecule has 0 bridgehead atoms. The van der Waals surface area contributed by atoms with Crippen LogP contribution in [0.2, 0.25) is 5.02 Å². The van der Waals surface area contributed by atoms with Crippen molar-refractivity contribution >= 4 is 11.6 Å². The van der Waals surface area contributed by atoms with Gasteiger partial charge in [-0.25, -0.2) is 4.39 Å². The largest absolute Gasteiger partial charge is 0.327 e. The van der Waals surface area contributed by atoms with E-state index in [-0.39, 0.29) is 11.9 Å². The molecule has 2 N–H and O–H groups in total. The van der Waals surface area contributed by atoms with E-state index in [1.807, 2.05) is 0 Å². The van der Waals surface area contributed by atoms with E-state index in [4.69, 9.17) is 17.3 Å². The van der Waals surface area contributed by atoms with Crippen molar-refractivity contribution in [1.29, 1.82) is 0 Å². The van der Waals surface area contributed by atoms with Gasteiger partial charge in [0.2, 0.25) is 0 Å². The molecule has 0 spiro atoms. The van der Waals surface area contributed by atoms with Crippen LogP contribution in [0, 0.1) is 11.7 Å². The minimum absolute atomic E-state index is 0.178. The lowest BCUT2D eigenvalue weighted by atomic mass is 9.90. The van der Waals surface area contributed by atoms with Gasteiger partial charge in [0.05, 0.1) is 0 Å². The maximum absolute atomic E-state index is 13.7. The van der Waals surface area contributed by atoms with Crippen molar-refractivity contribution in [1.82, 2.24) is 4.90 Å². The van der Waals surface area contributed by atoms with Gasteiger partial charge in [0.1, 0.15) is 5.82 Å². The van der Waals surface area contributed by atoms with Crippen LogP contribution in [0.15, 0.2) is 18.2 Å². The van der Waals surface area contributed by atoms with Gasteiger partial charge in [-0.15, -0.1) is 0 Å². The summed E-state index contributed by atoms with van der Waals surface area (Å²) < 4.78 is 13.7. The molecule has 1 aromatic rings. The zero-order chi connectivity index (χ0) is 13.1. The topological polar surface area (TPSA) is 29.3 Å². The van der Waals surface area contributed by atoms with Crippen LogP contribution < -0.4 is 5.73 Å². The average molecular weight is 271 g/mol. The number of nitrogens with two attached hydrogens (primary N) is 1. The van der Waals surface area contributed by atoms with Gasteiger partial charge in [-0.1, -0.05) is 24.9 Å². The highest BCUT2D eigenvalue weighted by atomic mass is 35.5. The van der Waals surface area contributed by atoms with Crippen LogP contribution in [-0.4, -0.2) is 24.0 Å². The van der Waals surface area contributed by atoms with E-state index in [1.54, 1.807) is 12.1 Å². The molecule has 0 aliphatic carbocycles. The first-order valence-electron chi connectivity index (χ1n) is 6.52. The second-order valence-electron chi connectivity index (χ2n) is 5.09. The summed E-state index contributed by atoms with van der Waals surface area (Å²) in [6.07, 6.45) is 2.07. The van der Waals surface area contributed by atoms with Gasteiger partial charge in [-0.3, -0.25) is 4.90 Å². The second-order valence-corrected chi connectivity index (χ2v) is 5.53. The van der Waals surface area contributed by atoms with Gasteiger partial charge in [0, 0.05) is 29.7 Å². The molecule has 4 heteroatoms. The van der Waals surface area contributed by atoms with Crippen molar-refractivity contribution in [2.75, 3.05) is 13.1 Å². The number of benzene rings is 1. The summed E-state index contributed by atoms with van der Waals surface area (Å²) in [6.45, 7) is 4.66. The minimum Gasteiger partial charge on any atom is -0.327 e. The molecule has 1 heterocycles. The SMILES string of the molecule is CCC1CN(Cc2cc(Cl)ccc2F)CCC1N. The first-order chi connectivity index (χ1) is 8.60. The van der Waals surface area contributed by atoms with Crippen molar-refractivity contribution in [2.24, 2.45) is 11.7 Å². The molecule has 1 aliphatic rings. The molecule has 2 atom stereocenters. The maximum atomic E-state index is 13.7. The van der Waals surface area contributed by atoms with Gasteiger partial charge in [-0.2, -0.15) is 0 Å². The fraction of sp³-hybridized carbons (Fsp3) is 0.571. The Bertz CT molecular complexity index is 411. The summed E-state index contributed by atoms with van der Waals surface area (Å²) in [5.74, 6) is 0.336. The van der Waals surface area contributed by atoms with Crippen molar-refractivity contribution in [2.45, 2.75) is 32.4 Å². The molecule has 18 heavy (non-hydrogen) atoms. The molecule has 2 unspecified atom stereocenters. The predicted octanol–water partition coefficient (Wildman–Crippen LogP) is 3.04. The van der Waals surface area contributed by atoms with E-state index in [0.717, 1.165) is 25.9 Å². The van der Waals surface area contributed by atoms with Gasteiger partial charge >= 0.3 is 0 Å². The van der Waals surface area contributed by atoms with Gasteiger partial charge < -0.3 is 5.73 Å². The number of halogens is 2. The standard InChI is InChI=1S/C14H20ClFN2/c1-2-10-8-18(6-5-14(10)17)9-11-7-12(15)3-4-13(11)16/h3-4,7,10,14H,2,5-6,8-9,17H2,1H3. The smallest absolute Gasteiger partial charge is 0.127 e. The third-order valence-corrected chi connectivity index (χ3v) is 4.04. The van der Waals surface area contributed by atoms with E-state index in [2.05, 4.69) is 11.8 Å². The van der Waals surface area contributed by atoms with E-state index >= 15 is 0 Å². The molecular weight excluding hydrogens is 251 g/mol. The number of likely N-dealkylation sites (tertiary alicyclic amines) is 1. The van der Waals surface area contributed by atoms with Crippen LogP contribution in [0.1, 0.15) is 25.3 Å². The maximum Gasteiger partial charge on any atom is 0.127 e. The Morgan fingerprint density at radius 3 is 3.00 bits per heavy atom. The highest BCUT2D eigenvalue weighted by Crippen LogP contribution is 2.22. The molecule has 1 aromatic carbocycles. The summed E-state index contributed by atoms with van der Waals surface area (Å²) in [5.41, 5.74) is 6.75.